The Balaban J connectivity index is 2.20. The van der Waals surface area contributed by atoms with E-state index in [9.17, 15) is 0 Å². The molecule has 6 nitrogen and oxygen atoms in total. The van der Waals surface area contributed by atoms with Crippen LogP contribution in [0.4, 0.5) is 0 Å². The van der Waals surface area contributed by atoms with Gasteiger partial charge in [-0.15, -0.1) is 11.8 Å². The molecule has 0 radical (unpaired) electrons. The highest BCUT2D eigenvalue weighted by atomic mass is 32.2. The molecular formula is C13H14N4O2S. The van der Waals surface area contributed by atoms with Crippen molar-refractivity contribution < 1.29 is 9.94 Å². The molecule has 0 bridgehead atoms. The number of methoxy groups -OCH3 is 1. The Bertz CT molecular complexity index is 605. The number of thioether (sulfide) groups is 1. The van der Waals surface area contributed by atoms with Gasteiger partial charge in [0.2, 0.25) is 0 Å². The first-order valence-electron chi connectivity index (χ1n) is 5.78. The Labute approximate surface area is 120 Å². The van der Waals surface area contributed by atoms with Gasteiger partial charge in [0, 0.05) is 23.1 Å². The number of nitrogens with two attached hydrogens (primary N) is 1. The Morgan fingerprint density at radius 3 is 2.95 bits per heavy atom. The number of hydrogen-bond acceptors (Lipinski definition) is 6. The maximum atomic E-state index is 8.72. The monoisotopic (exact) mass is 290 g/mol. The van der Waals surface area contributed by atoms with Crippen LogP contribution in [0, 0.1) is 0 Å². The first-order valence-corrected chi connectivity index (χ1v) is 6.76. The molecule has 0 fully saturated rings. The molecule has 0 aliphatic heterocycles. The normalized spacial score (nSPS) is 11.3. The van der Waals surface area contributed by atoms with E-state index < -0.39 is 0 Å². The van der Waals surface area contributed by atoms with E-state index >= 15 is 0 Å². The van der Waals surface area contributed by atoms with Gasteiger partial charge in [-0.2, -0.15) is 0 Å². The van der Waals surface area contributed by atoms with Gasteiger partial charge in [0.1, 0.15) is 12.1 Å². The largest absolute Gasteiger partial charge is 0.496 e. The first-order chi connectivity index (χ1) is 9.74. The molecule has 104 valence electrons. The van der Waals surface area contributed by atoms with Crippen LogP contribution in [0.15, 0.2) is 47.0 Å². The molecule has 7 heteroatoms. The molecule has 0 atom stereocenters. The summed E-state index contributed by atoms with van der Waals surface area (Å²) in [6.07, 6.45) is 3.20. The number of hydrogen-bond donors (Lipinski definition) is 2. The standard InChI is InChI=1S/C13H14N4O2S/c1-19-11-3-2-9(13(14)17-18)6-10(11)7-20-12-4-5-15-8-16-12/h2-6,8,18H,7H2,1H3,(H2,14,17). The van der Waals surface area contributed by atoms with Crippen LogP contribution in [0.1, 0.15) is 11.1 Å². The molecule has 0 saturated carbocycles. The quantitative estimate of drug-likeness (QED) is 0.218. The van der Waals surface area contributed by atoms with Crippen LogP contribution in [-0.2, 0) is 5.75 Å². The molecule has 3 N–H and O–H groups in total. The lowest BCUT2D eigenvalue weighted by Crippen LogP contribution is -2.13. The summed E-state index contributed by atoms with van der Waals surface area (Å²) in [4.78, 5) is 8.02. The topological polar surface area (TPSA) is 93.6 Å². The highest BCUT2D eigenvalue weighted by Gasteiger charge is 2.08. The molecule has 0 aliphatic carbocycles. The van der Waals surface area contributed by atoms with Crippen molar-refractivity contribution in [1.29, 1.82) is 0 Å². The van der Waals surface area contributed by atoms with E-state index in [-0.39, 0.29) is 5.84 Å². The molecule has 0 spiro atoms. The van der Waals surface area contributed by atoms with Gasteiger partial charge in [0.25, 0.3) is 0 Å². The summed E-state index contributed by atoms with van der Waals surface area (Å²) in [5, 5.41) is 12.6. The van der Waals surface area contributed by atoms with Crippen LogP contribution in [0.5, 0.6) is 5.75 Å². The third kappa shape index (κ3) is 3.39. The Hall–Kier alpha value is -2.28. The maximum Gasteiger partial charge on any atom is 0.170 e. The van der Waals surface area contributed by atoms with Gasteiger partial charge in [-0.1, -0.05) is 5.16 Å². The highest BCUT2D eigenvalue weighted by molar-refractivity contribution is 7.98. The SMILES string of the molecule is COc1ccc(/C(N)=N/O)cc1CSc1ccncn1. The molecule has 1 heterocycles. The van der Waals surface area contributed by atoms with E-state index in [0.717, 1.165) is 16.3 Å². The van der Waals surface area contributed by atoms with E-state index in [1.54, 1.807) is 37.2 Å². The van der Waals surface area contributed by atoms with Gasteiger partial charge in [-0.3, -0.25) is 0 Å². The van der Waals surface area contributed by atoms with Crippen molar-refractivity contribution in [1.82, 2.24) is 9.97 Å². The minimum absolute atomic E-state index is 0.0703. The second-order valence-electron chi connectivity index (χ2n) is 3.85. The lowest BCUT2D eigenvalue weighted by atomic mass is 10.1. The lowest BCUT2D eigenvalue weighted by Gasteiger charge is -2.10. The fourth-order valence-electron chi connectivity index (χ4n) is 1.62. The number of ether oxygens (including phenoxy) is 1. The highest BCUT2D eigenvalue weighted by Crippen LogP contribution is 2.27. The molecule has 1 aromatic carbocycles. The summed E-state index contributed by atoms with van der Waals surface area (Å²) >= 11 is 1.56. The Kier molecular flexibility index (Phi) is 4.78. The summed E-state index contributed by atoms with van der Waals surface area (Å²) in [6.45, 7) is 0. The van der Waals surface area contributed by atoms with Crippen molar-refractivity contribution in [3.63, 3.8) is 0 Å². The Morgan fingerprint density at radius 2 is 2.30 bits per heavy atom. The zero-order chi connectivity index (χ0) is 14.4. The van der Waals surface area contributed by atoms with E-state index in [2.05, 4.69) is 15.1 Å². The average molecular weight is 290 g/mol. The van der Waals surface area contributed by atoms with Crippen LogP contribution in [0.2, 0.25) is 0 Å². The van der Waals surface area contributed by atoms with Crippen molar-refractivity contribution in [3.8, 4) is 5.75 Å². The average Bonchev–Trinajstić information content (AvgIpc) is 2.52. The molecule has 0 aliphatic rings. The second-order valence-corrected chi connectivity index (χ2v) is 4.84. The fraction of sp³-hybridized carbons (Fsp3) is 0.154. The smallest absolute Gasteiger partial charge is 0.170 e. The summed E-state index contributed by atoms with van der Waals surface area (Å²) in [7, 11) is 1.61. The predicted octanol–water partition coefficient (Wildman–Crippen LogP) is 1.87. The van der Waals surface area contributed by atoms with Crippen LogP contribution in [0.25, 0.3) is 0 Å². The molecule has 1 aromatic heterocycles. The van der Waals surface area contributed by atoms with Crippen molar-refractivity contribution in [3.05, 3.63) is 47.9 Å². The molecule has 2 aromatic rings. The van der Waals surface area contributed by atoms with E-state index in [1.807, 2.05) is 12.1 Å². The molecular weight excluding hydrogens is 276 g/mol. The van der Waals surface area contributed by atoms with Gasteiger partial charge in [0.05, 0.1) is 12.1 Å². The van der Waals surface area contributed by atoms with E-state index in [0.29, 0.717) is 11.3 Å². The number of aromatic nitrogens is 2. The first kappa shape index (κ1) is 14.1. The third-order valence-corrected chi connectivity index (χ3v) is 3.61. The number of benzene rings is 1. The lowest BCUT2D eigenvalue weighted by molar-refractivity contribution is 0.318. The summed E-state index contributed by atoms with van der Waals surface area (Å²) in [5.41, 5.74) is 7.18. The Morgan fingerprint density at radius 1 is 1.45 bits per heavy atom. The van der Waals surface area contributed by atoms with Gasteiger partial charge < -0.3 is 15.7 Å². The van der Waals surface area contributed by atoms with Crippen LogP contribution < -0.4 is 10.5 Å². The van der Waals surface area contributed by atoms with Crippen LogP contribution in [-0.4, -0.2) is 28.1 Å². The minimum atomic E-state index is 0.0703. The van der Waals surface area contributed by atoms with Crippen LogP contribution >= 0.6 is 11.8 Å². The molecule has 2 rings (SSSR count). The minimum Gasteiger partial charge on any atom is -0.496 e. The van der Waals surface area contributed by atoms with Gasteiger partial charge in [-0.05, 0) is 24.3 Å². The van der Waals surface area contributed by atoms with Crippen molar-refractivity contribution in [2.75, 3.05) is 7.11 Å². The molecule has 0 saturated heterocycles. The van der Waals surface area contributed by atoms with E-state index in [1.165, 1.54) is 6.33 Å². The number of oxime groups is 1. The number of rotatable bonds is 5. The molecule has 20 heavy (non-hydrogen) atoms. The summed E-state index contributed by atoms with van der Waals surface area (Å²) in [6, 6.07) is 7.21. The van der Waals surface area contributed by atoms with Crippen molar-refractivity contribution in [2.24, 2.45) is 10.9 Å². The third-order valence-electron chi connectivity index (χ3n) is 2.61. The van der Waals surface area contributed by atoms with E-state index in [4.69, 9.17) is 15.7 Å². The van der Waals surface area contributed by atoms with Gasteiger partial charge >= 0.3 is 0 Å². The number of amidine groups is 1. The van der Waals surface area contributed by atoms with Crippen molar-refractivity contribution >= 4 is 17.6 Å². The van der Waals surface area contributed by atoms with Crippen molar-refractivity contribution in [2.45, 2.75) is 10.8 Å². The predicted molar refractivity (Wildman–Crippen MR) is 77.1 cm³/mol. The summed E-state index contributed by atoms with van der Waals surface area (Å²) in [5.74, 6) is 1.48. The van der Waals surface area contributed by atoms with Gasteiger partial charge in [0.15, 0.2) is 5.84 Å². The number of nitrogens with zero attached hydrogens (tertiary/aromatic N) is 3. The zero-order valence-electron chi connectivity index (χ0n) is 10.9. The maximum absolute atomic E-state index is 8.72. The van der Waals surface area contributed by atoms with Crippen LogP contribution in [0.3, 0.4) is 0 Å². The molecule has 0 unspecified atom stereocenters. The summed E-state index contributed by atoms with van der Waals surface area (Å²) < 4.78 is 5.31. The second kappa shape index (κ2) is 6.76. The van der Waals surface area contributed by atoms with Gasteiger partial charge in [-0.25, -0.2) is 9.97 Å². The zero-order valence-corrected chi connectivity index (χ0v) is 11.7. The fourth-order valence-corrected chi connectivity index (χ4v) is 2.43. The molecule has 0 amide bonds.